The Kier molecular flexibility index (Phi) is 3.95. The van der Waals surface area contributed by atoms with Crippen molar-refractivity contribution in [3.63, 3.8) is 0 Å². The van der Waals surface area contributed by atoms with Crippen LogP contribution in [0.5, 0.6) is 0 Å². The predicted octanol–water partition coefficient (Wildman–Crippen LogP) is 2.60. The van der Waals surface area contributed by atoms with E-state index in [0.29, 0.717) is 18.1 Å². The minimum absolute atomic E-state index is 0.0233. The normalized spacial score (nSPS) is 20.8. The molecule has 3 aromatic heterocycles. The van der Waals surface area contributed by atoms with Gasteiger partial charge in [-0.15, -0.1) is 0 Å². The molecule has 3 aromatic rings. The van der Waals surface area contributed by atoms with Crippen molar-refractivity contribution in [1.29, 1.82) is 0 Å². The van der Waals surface area contributed by atoms with Gasteiger partial charge in [0.2, 0.25) is 5.76 Å². The largest absolute Gasteiger partial charge is 0.461 e. The van der Waals surface area contributed by atoms with Crippen LogP contribution in [0.4, 0.5) is 0 Å². The lowest BCUT2D eigenvalue weighted by molar-refractivity contribution is 0.0978. The number of furan rings is 1. The first-order chi connectivity index (χ1) is 11.7. The van der Waals surface area contributed by atoms with Crippen molar-refractivity contribution >= 4 is 0 Å². The quantitative estimate of drug-likeness (QED) is 0.775. The summed E-state index contributed by atoms with van der Waals surface area (Å²) in [5.41, 5.74) is 3.12. The molecule has 7 heteroatoms. The molecule has 2 atom stereocenters. The van der Waals surface area contributed by atoms with Gasteiger partial charge >= 0.3 is 0 Å². The summed E-state index contributed by atoms with van der Waals surface area (Å²) in [7, 11) is 1.95. The summed E-state index contributed by atoms with van der Waals surface area (Å²) >= 11 is 0. The Morgan fingerprint density at radius 3 is 3.04 bits per heavy atom. The zero-order valence-corrected chi connectivity index (χ0v) is 13.7. The van der Waals surface area contributed by atoms with Gasteiger partial charge in [-0.3, -0.25) is 4.68 Å². The number of hydrogen-bond donors (Lipinski definition) is 1. The molecular weight excluding hydrogens is 308 g/mol. The highest BCUT2D eigenvalue weighted by molar-refractivity contribution is 5.49. The number of ether oxygens (including phenoxy) is 1. The van der Waals surface area contributed by atoms with Gasteiger partial charge in [-0.25, -0.2) is 0 Å². The van der Waals surface area contributed by atoms with E-state index in [2.05, 4.69) is 22.5 Å². The molecule has 1 aliphatic heterocycles. The number of aryl methyl sites for hydroxylation is 1. The molecule has 1 saturated heterocycles. The van der Waals surface area contributed by atoms with Crippen molar-refractivity contribution in [2.45, 2.75) is 32.0 Å². The maximum atomic E-state index is 5.92. The summed E-state index contributed by atoms with van der Waals surface area (Å²) in [6, 6.07) is 5.80. The second-order valence-corrected chi connectivity index (χ2v) is 6.04. The fraction of sp³-hybridized carbons (Fsp3) is 0.412. The van der Waals surface area contributed by atoms with E-state index < -0.39 is 0 Å². The summed E-state index contributed by atoms with van der Waals surface area (Å²) < 4.78 is 18.4. The van der Waals surface area contributed by atoms with Gasteiger partial charge in [-0.1, -0.05) is 5.16 Å². The lowest BCUT2D eigenvalue weighted by atomic mass is 10.0. The molecule has 1 N–H and O–H groups in total. The highest BCUT2D eigenvalue weighted by atomic mass is 16.5. The molecule has 0 aromatic carbocycles. The number of aromatic nitrogens is 3. The molecule has 1 fully saturated rings. The first-order valence-corrected chi connectivity index (χ1v) is 8.05. The molecule has 0 unspecified atom stereocenters. The van der Waals surface area contributed by atoms with E-state index in [1.807, 2.05) is 36.1 Å². The summed E-state index contributed by atoms with van der Waals surface area (Å²) in [6.07, 6.45) is 4.49. The van der Waals surface area contributed by atoms with Crippen molar-refractivity contribution in [2.75, 3.05) is 6.61 Å². The molecule has 0 saturated carbocycles. The highest BCUT2D eigenvalue weighted by Crippen LogP contribution is 2.31. The van der Waals surface area contributed by atoms with Crippen LogP contribution in [0, 0.1) is 6.92 Å². The van der Waals surface area contributed by atoms with Crippen LogP contribution in [0.15, 0.2) is 39.6 Å². The lowest BCUT2D eigenvalue weighted by Crippen LogP contribution is -2.31. The van der Waals surface area contributed by atoms with E-state index in [0.717, 1.165) is 30.0 Å². The molecule has 0 aliphatic carbocycles. The summed E-state index contributed by atoms with van der Waals surface area (Å²) in [6.45, 7) is 3.43. The second-order valence-electron chi connectivity index (χ2n) is 6.04. The van der Waals surface area contributed by atoms with Gasteiger partial charge in [0, 0.05) is 43.6 Å². The van der Waals surface area contributed by atoms with Crippen LogP contribution >= 0.6 is 0 Å². The molecule has 4 heterocycles. The molecule has 7 nitrogen and oxygen atoms in total. The second kappa shape index (κ2) is 6.26. The maximum absolute atomic E-state index is 5.92. The Balaban J connectivity index is 1.43. The third-order valence-corrected chi connectivity index (χ3v) is 4.54. The van der Waals surface area contributed by atoms with Crippen LogP contribution in [0.2, 0.25) is 0 Å². The Hall–Kier alpha value is -2.38. The predicted molar refractivity (Wildman–Crippen MR) is 86.1 cm³/mol. The van der Waals surface area contributed by atoms with Gasteiger partial charge in [0.15, 0.2) is 5.76 Å². The highest BCUT2D eigenvalue weighted by Gasteiger charge is 2.31. The van der Waals surface area contributed by atoms with Crippen molar-refractivity contribution in [3.8, 4) is 11.5 Å². The molecule has 0 radical (unpaired) electrons. The average Bonchev–Trinajstić information content (AvgIpc) is 3.34. The molecular formula is C17H20N4O3. The van der Waals surface area contributed by atoms with Crippen LogP contribution in [0.3, 0.4) is 0 Å². The average molecular weight is 328 g/mol. The van der Waals surface area contributed by atoms with E-state index in [4.69, 9.17) is 13.7 Å². The SMILES string of the molecule is Cc1c([C@H]2OCC[C@@H]2NCc2cc(-c3ccco3)on2)cnn1C. The fourth-order valence-corrected chi connectivity index (χ4v) is 3.07. The summed E-state index contributed by atoms with van der Waals surface area (Å²) in [4.78, 5) is 0. The standard InChI is InChI=1S/C17H20N4O3/c1-11-13(10-19-21(11)2)17-14(5-7-23-17)18-9-12-8-16(24-20-12)15-4-3-6-22-15/h3-4,6,8,10,14,17-18H,5,7,9H2,1-2H3/t14-,17+/m0/s1. The minimum Gasteiger partial charge on any atom is -0.461 e. The van der Waals surface area contributed by atoms with E-state index >= 15 is 0 Å². The monoisotopic (exact) mass is 328 g/mol. The van der Waals surface area contributed by atoms with Crippen LogP contribution in [0.25, 0.3) is 11.5 Å². The molecule has 1 aliphatic rings. The van der Waals surface area contributed by atoms with Gasteiger partial charge in [0.1, 0.15) is 6.10 Å². The van der Waals surface area contributed by atoms with E-state index in [-0.39, 0.29) is 12.1 Å². The summed E-state index contributed by atoms with van der Waals surface area (Å²) in [5, 5.41) is 11.9. The zero-order valence-electron chi connectivity index (χ0n) is 13.7. The van der Waals surface area contributed by atoms with Gasteiger partial charge in [0.05, 0.1) is 18.2 Å². The van der Waals surface area contributed by atoms with Gasteiger partial charge in [-0.2, -0.15) is 5.10 Å². The topological polar surface area (TPSA) is 78.2 Å². The number of nitrogens with one attached hydrogen (secondary N) is 1. The van der Waals surface area contributed by atoms with Gasteiger partial charge in [0.25, 0.3) is 0 Å². The first kappa shape index (κ1) is 15.2. The third kappa shape index (κ3) is 2.76. The number of hydrogen-bond acceptors (Lipinski definition) is 6. The van der Waals surface area contributed by atoms with Crippen molar-refractivity contribution in [1.82, 2.24) is 20.3 Å². The van der Waals surface area contributed by atoms with Crippen LogP contribution < -0.4 is 5.32 Å². The van der Waals surface area contributed by atoms with Crippen LogP contribution in [-0.2, 0) is 18.3 Å². The van der Waals surface area contributed by atoms with Gasteiger partial charge < -0.3 is 19.0 Å². The van der Waals surface area contributed by atoms with Crippen molar-refractivity contribution in [2.24, 2.45) is 7.05 Å². The number of rotatable bonds is 5. The van der Waals surface area contributed by atoms with Crippen LogP contribution in [0.1, 0.15) is 29.5 Å². The molecule has 126 valence electrons. The van der Waals surface area contributed by atoms with E-state index in [9.17, 15) is 0 Å². The van der Waals surface area contributed by atoms with E-state index in [1.54, 1.807) is 6.26 Å². The third-order valence-electron chi connectivity index (χ3n) is 4.54. The van der Waals surface area contributed by atoms with Crippen molar-refractivity contribution in [3.05, 3.63) is 47.6 Å². The molecule has 0 bridgehead atoms. The lowest BCUT2D eigenvalue weighted by Gasteiger charge is -2.19. The Bertz CT molecular complexity index is 806. The van der Waals surface area contributed by atoms with Crippen molar-refractivity contribution < 1.29 is 13.7 Å². The van der Waals surface area contributed by atoms with E-state index in [1.165, 1.54) is 0 Å². The Labute approximate surface area is 139 Å². The number of nitrogens with zero attached hydrogens (tertiary/aromatic N) is 3. The molecule has 0 spiro atoms. The van der Waals surface area contributed by atoms with Gasteiger partial charge in [-0.05, 0) is 25.5 Å². The maximum Gasteiger partial charge on any atom is 0.202 e. The molecule has 0 amide bonds. The first-order valence-electron chi connectivity index (χ1n) is 8.05. The molecule has 4 rings (SSSR count). The Morgan fingerprint density at radius 1 is 1.38 bits per heavy atom. The fourth-order valence-electron chi connectivity index (χ4n) is 3.07. The minimum atomic E-state index is 0.0233. The summed E-state index contributed by atoms with van der Waals surface area (Å²) in [5.74, 6) is 1.32. The van der Waals surface area contributed by atoms with Crippen LogP contribution in [-0.4, -0.2) is 27.6 Å². The Morgan fingerprint density at radius 2 is 2.29 bits per heavy atom. The zero-order chi connectivity index (χ0) is 16.5. The smallest absolute Gasteiger partial charge is 0.202 e. The molecule has 24 heavy (non-hydrogen) atoms.